The zero-order valence-electron chi connectivity index (χ0n) is 15.1. The third-order valence-corrected chi connectivity index (χ3v) is 4.19. The second-order valence-electron chi connectivity index (χ2n) is 5.78. The first-order valence-electron chi connectivity index (χ1n) is 8.28. The molecule has 0 aliphatic carbocycles. The predicted molar refractivity (Wildman–Crippen MR) is 105 cm³/mol. The SMILES string of the molecule is CNCCOc1ccc(NC(Oc2ccc(C(F)(F)F)cc2Cl)C(N)=O)cc1Cl. The number of rotatable bonds is 9. The van der Waals surface area contributed by atoms with Crippen molar-refractivity contribution in [2.24, 2.45) is 5.73 Å². The van der Waals surface area contributed by atoms with E-state index in [0.29, 0.717) is 30.7 Å². The van der Waals surface area contributed by atoms with Crippen LogP contribution in [0.3, 0.4) is 0 Å². The van der Waals surface area contributed by atoms with Crippen molar-refractivity contribution < 1.29 is 27.4 Å². The maximum absolute atomic E-state index is 12.7. The molecule has 6 nitrogen and oxygen atoms in total. The van der Waals surface area contributed by atoms with Gasteiger partial charge in [0.15, 0.2) is 0 Å². The molecule has 11 heteroatoms. The van der Waals surface area contributed by atoms with Crippen molar-refractivity contribution in [1.29, 1.82) is 0 Å². The van der Waals surface area contributed by atoms with Crippen LogP contribution < -0.4 is 25.8 Å². The summed E-state index contributed by atoms with van der Waals surface area (Å²) in [5.41, 5.74) is 4.75. The zero-order chi connectivity index (χ0) is 21.6. The molecule has 0 radical (unpaired) electrons. The van der Waals surface area contributed by atoms with Crippen LogP contribution in [-0.4, -0.2) is 32.3 Å². The highest BCUT2D eigenvalue weighted by molar-refractivity contribution is 6.32. The fraction of sp³-hybridized carbons (Fsp3) is 0.278. The van der Waals surface area contributed by atoms with Crippen molar-refractivity contribution in [3.8, 4) is 11.5 Å². The summed E-state index contributed by atoms with van der Waals surface area (Å²) in [6, 6.07) is 7.15. The van der Waals surface area contributed by atoms with E-state index in [1.807, 2.05) is 0 Å². The van der Waals surface area contributed by atoms with Crippen molar-refractivity contribution in [2.75, 3.05) is 25.5 Å². The highest BCUT2D eigenvalue weighted by Gasteiger charge is 2.31. The van der Waals surface area contributed by atoms with E-state index < -0.39 is 23.9 Å². The number of primary amides is 1. The number of hydrogen-bond donors (Lipinski definition) is 3. The van der Waals surface area contributed by atoms with Gasteiger partial charge < -0.3 is 25.8 Å². The van der Waals surface area contributed by atoms with Gasteiger partial charge in [-0.2, -0.15) is 13.2 Å². The van der Waals surface area contributed by atoms with E-state index in [1.54, 1.807) is 19.2 Å². The minimum Gasteiger partial charge on any atom is -0.491 e. The second kappa shape index (κ2) is 9.91. The molecule has 0 aromatic heterocycles. The molecule has 29 heavy (non-hydrogen) atoms. The van der Waals surface area contributed by atoms with Gasteiger partial charge >= 0.3 is 6.18 Å². The smallest absolute Gasteiger partial charge is 0.416 e. The van der Waals surface area contributed by atoms with Crippen LogP contribution in [0.5, 0.6) is 11.5 Å². The Morgan fingerprint density at radius 2 is 1.79 bits per heavy atom. The first kappa shape index (κ1) is 22.9. The third-order valence-electron chi connectivity index (χ3n) is 3.60. The molecular weight excluding hydrogens is 434 g/mol. The number of hydrogen-bond acceptors (Lipinski definition) is 5. The topological polar surface area (TPSA) is 85.6 Å². The fourth-order valence-electron chi connectivity index (χ4n) is 2.18. The Kier molecular flexibility index (Phi) is 7.83. The number of carbonyl (C=O) groups is 1. The van der Waals surface area contributed by atoms with Crippen LogP contribution in [0, 0.1) is 0 Å². The summed E-state index contributed by atoms with van der Waals surface area (Å²) in [6.45, 7) is 1.03. The van der Waals surface area contributed by atoms with Crippen LogP contribution in [0.15, 0.2) is 36.4 Å². The van der Waals surface area contributed by atoms with E-state index in [4.69, 9.17) is 38.4 Å². The lowest BCUT2D eigenvalue weighted by Crippen LogP contribution is -2.40. The lowest BCUT2D eigenvalue weighted by Gasteiger charge is -2.20. The molecule has 0 saturated carbocycles. The van der Waals surface area contributed by atoms with E-state index >= 15 is 0 Å². The molecule has 1 unspecified atom stereocenters. The number of carbonyl (C=O) groups excluding carboxylic acids is 1. The summed E-state index contributed by atoms with van der Waals surface area (Å²) < 4.78 is 49.0. The average molecular weight is 452 g/mol. The quantitative estimate of drug-likeness (QED) is 0.397. The lowest BCUT2D eigenvalue weighted by molar-refractivity contribution is -0.137. The Bertz CT molecular complexity index is 866. The van der Waals surface area contributed by atoms with Crippen LogP contribution in [0.4, 0.5) is 18.9 Å². The Labute approximate surface area is 175 Å². The van der Waals surface area contributed by atoms with Crippen LogP contribution in [0.1, 0.15) is 5.56 Å². The lowest BCUT2D eigenvalue weighted by atomic mass is 10.2. The van der Waals surface area contributed by atoms with Crippen molar-refractivity contribution in [2.45, 2.75) is 12.4 Å². The second-order valence-corrected chi connectivity index (χ2v) is 6.60. The molecule has 0 aliphatic heterocycles. The molecule has 0 fully saturated rings. The molecule has 1 atom stereocenters. The number of halogens is 5. The van der Waals surface area contributed by atoms with Crippen LogP contribution in [-0.2, 0) is 11.0 Å². The summed E-state index contributed by atoms with van der Waals surface area (Å²) in [4.78, 5) is 11.7. The average Bonchev–Trinajstić information content (AvgIpc) is 2.63. The highest BCUT2D eigenvalue weighted by atomic mass is 35.5. The molecule has 1 amide bonds. The molecule has 158 valence electrons. The summed E-state index contributed by atoms with van der Waals surface area (Å²) in [7, 11) is 1.78. The Hall–Kier alpha value is -2.36. The zero-order valence-corrected chi connectivity index (χ0v) is 16.7. The number of amides is 1. The monoisotopic (exact) mass is 451 g/mol. The minimum atomic E-state index is -4.56. The standard InChI is InChI=1S/C18H18Cl2F3N3O3/c1-25-6-7-28-14-5-3-11(9-13(14)20)26-17(16(24)27)29-15-4-2-10(8-12(15)19)18(21,22)23/h2-5,8-9,17,25-26H,6-7H2,1H3,(H2,24,27). The number of ether oxygens (including phenoxy) is 2. The van der Waals surface area contributed by atoms with Crippen molar-refractivity contribution in [1.82, 2.24) is 5.32 Å². The number of likely N-dealkylation sites (N-methyl/N-ethyl adjacent to an activating group) is 1. The van der Waals surface area contributed by atoms with Gasteiger partial charge in [-0.15, -0.1) is 0 Å². The van der Waals surface area contributed by atoms with Crippen molar-refractivity contribution >= 4 is 34.8 Å². The first-order valence-corrected chi connectivity index (χ1v) is 9.03. The van der Waals surface area contributed by atoms with Gasteiger partial charge in [-0.3, -0.25) is 4.79 Å². The van der Waals surface area contributed by atoms with Crippen LogP contribution in [0.25, 0.3) is 0 Å². The van der Waals surface area contributed by atoms with Gasteiger partial charge in [0.05, 0.1) is 15.6 Å². The van der Waals surface area contributed by atoms with E-state index in [1.165, 1.54) is 6.07 Å². The van der Waals surface area contributed by atoms with E-state index in [0.717, 1.165) is 12.1 Å². The van der Waals surface area contributed by atoms with Gasteiger partial charge in [-0.05, 0) is 43.4 Å². The number of nitrogens with two attached hydrogens (primary N) is 1. The van der Waals surface area contributed by atoms with Gasteiger partial charge in [-0.25, -0.2) is 0 Å². The van der Waals surface area contributed by atoms with E-state index in [9.17, 15) is 18.0 Å². The normalized spacial score (nSPS) is 12.3. The predicted octanol–water partition coefficient (Wildman–Crippen LogP) is 3.91. The molecule has 2 rings (SSSR count). The molecule has 2 aromatic rings. The van der Waals surface area contributed by atoms with Gasteiger partial charge in [0.1, 0.15) is 18.1 Å². The van der Waals surface area contributed by atoms with E-state index in [2.05, 4.69) is 10.6 Å². The van der Waals surface area contributed by atoms with E-state index in [-0.39, 0.29) is 15.8 Å². The molecule has 0 spiro atoms. The molecule has 0 aliphatic rings. The summed E-state index contributed by atoms with van der Waals surface area (Å²) in [5, 5.41) is 5.59. The van der Waals surface area contributed by atoms with Crippen molar-refractivity contribution in [3.63, 3.8) is 0 Å². The molecule has 0 saturated heterocycles. The maximum Gasteiger partial charge on any atom is 0.416 e. The van der Waals surface area contributed by atoms with Crippen molar-refractivity contribution in [3.05, 3.63) is 52.0 Å². The first-order chi connectivity index (χ1) is 13.6. The molecule has 0 heterocycles. The molecular formula is C18H18Cl2F3N3O3. The third kappa shape index (κ3) is 6.59. The minimum absolute atomic E-state index is 0.144. The summed E-state index contributed by atoms with van der Waals surface area (Å²) >= 11 is 12.0. The number of alkyl halides is 3. The van der Waals surface area contributed by atoms with Gasteiger partial charge in [0.25, 0.3) is 5.91 Å². The number of nitrogens with one attached hydrogen (secondary N) is 2. The van der Waals surface area contributed by atoms with Crippen LogP contribution in [0.2, 0.25) is 10.0 Å². The van der Waals surface area contributed by atoms with Gasteiger partial charge in [-0.1, -0.05) is 23.2 Å². The summed E-state index contributed by atoms with van der Waals surface area (Å²) in [5.74, 6) is -0.615. The summed E-state index contributed by atoms with van der Waals surface area (Å²) in [6.07, 6.45) is -5.96. The molecule has 0 bridgehead atoms. The number of benzene rings is 2. The Morgan fingerprint density at radius 1 is 1.14 bits per heavy atom. The largest absolute Gasteiger partial charge is 0.491 e. The fourth-order valence-corrected chi connectivity index (χ4v) is 2.64. The Balaban J connectivity index is 2.13. The van der Waals surface area contributed by atoms with Gasteiger partial charge in [0.2, 0.25) is 6.23 Å². The van der Waals surface area contributed by atoms with Gasteiger partial charge in [0, 0.05) is 12.2 Å². The number of anilines is 1. The highest BCUT2D eigenvalue weighted by Crippen LogP contribution is 2.35. The maximum atomic E-state index is 12.7. The van der Waals surface area contributed by atoms with Crippen LogP contribution >= 0.6 is 23.2 Å². The Morgan fingerprint density at radius 3 is 2.34 bits per heavy atom. The molecule has 2 aromatic carbocycles. The molecule has 4 N–H and O–H groups in total.